The molecular weight excluding hydrogens is 372 g/mol. The van der Waals surface area contributed by atoms with E-state index in [2.05, 4.69) is 59.7 Å². The normalized spacial score (nSPS) is 11.6. The van der Waals surface area contributed by atoms with Gasteiger partial charge in [-0.15, -0.1) is 0 Å². The SMILES string of the molecule is COc1ccc(Nc2c(CCc3ccc(C(C)(C)C)cc3)nc3cnccn23)cc1. The Morgan fingerprint density at radius 2 is 1.70 bits per heavy atom. The van der Waals surface area contributed by atoms with Crippen molar-refractivity contribution in [2.24, 2.45) is 0 Å². The molecule has 0 bridgehead atoms. The number of benzene rings is 2. The van der Waals surface area contributed by atoms with Crippen molar-refractivity contribution in [2.75, 3.05) is 12.4 Å². The highest BCUT2D eigenvalue weighted by atomic mass is 16.5. The van der Waals surface area contributed by atoms with E-state index < -0.39 is 0 Å². The van der Waals surface area contributed by atoms with Crippen LogP contribution in [0.5, 0.6) is 5.75 Å². The molecule has 2 aromatic carbocycles. The second kappa shape index (κ2) is 8.19. The van der Waals surface area contributed by atoms with Crippen LogP contribution in [0.25, 0.3) is 5.65 Å². The Bertz CT molecular complexity index is 1120. The first-order chi connectivity index (χ1) is 14.4. The molecule has 1 N–H and O–H groups in total. The fraction of sp³-hybridized carbons (Fsp3) is 0.280. The average Bonchev–Trinajstić information content (AvgIpc) is 3.10. The maximum Gasteiger partial charge on any atom is 0.157 e. The summed E-state index contributed by atoms with van der Waals surface area (Å²) in [4.78, 5) is 9.05. The molecule has 0 aliphatic heterocycles. The Kier molecular flexibility index (Phi) is 5.44. The number of ether oxygens (including phenoxy) is 1. The minimum atomic E-state index is 0.169. The van der Waals surface area contributed by atoms with Gasteiger partial charge in [-0.1, -0.05) is 45.0 Å². The van der Waals surface area contributed by atoms with Gasteiger partial charge in [0.25, 0.3) is 0 Å². The summed E-state index contributed by atoms with van der Waals surface area (Å²) in [6, 6.07) is 16.8. The summed E-state index contributed by atoms with van der Waals surface area (Å²) in [5.74, 6) is 1.81. The standard InChI is InChI=1S/C25H28N4O/c1-25(2,3)19-8-5-18(6-9-19)7-14-22-24(29-16-15-26-17-23(29)28-22)27-20-10-12-21(30-4)13-11-20/h5-6,8-13,15-17,27H,7,14H2,1-4H3. The van der Waals surface area contributed by atoms with E-state index in [-0.39, 0.29) is 5.41 Å². The maximum atomic E-state index is 5.26. The lowest BCUT2D eigenvalue weighted by atomic mass is 9.86. The van der Waals surface area contributed by atoms with Crippen molar-refractivity contribution in [2.45, 2.75) is 39.0 Å². The van der Waals surface area contributed by atoms with E-state index in [1.165, 1.54) is 11.1 Å². The lowest BCUT2D eigenvalue weighted by Gasteiger charge is -2.19. The van der Waals surface area contributed by atoms with Crippen molar-refractivity contribution >= 4 is 17.2 Å². The second-order valence-electron chi connectivity index (χ2n) is 8.51. The number of fused-ring (bicyclic) bond motifs is 1. The third kappa shape index (κ3) is 4.30. The quantitative estimate of drug-likeness (QED) is 0.460. The zero-order valence-corrected chi connectivity index (χ0v) is 18.0. The molecule has 0 aliphatic carbocycles. The van der Waals surface area contributed by atoms with Crippen LogP contribution in [0.2, 0.25) is 0 Å². The van der Waals surface area contributed by atoms with Crippen molar-refractivity contribution in [3.05, 3.63) is 83.9 Å². The molecule has 4 aromatic rings. The number of hydrogen-bond acceptors (Lipinski definition) is 4. The number of nitrogens with one attached hydrogen (secondary N) is 1. The van der Waals surface area contributed by atoms with Gasteiger partial charge in [-0.05, 0) is 53.6 Å². The van der Waals surface area contributed by atoms with Gasteiger partial charge >= 0.3 is 0 Å². The molecule has 0 aliphatic rings. The summed E-state index contributed by atoms with van der Waals surface area (Å²) in [5.41, 5.74) is 5.69. The molecule has 2 aromatic heterocycles. The van der Waals surface area contributed by atoms with Crippen molar-refractivity contribution in [3.8, 4) is 5.75 Å². The Balaban J connectivity index is 1.58. The van der Waals surface area contributed by atoms with Crippen LogP contribution in [-0.4, -0.2) is 21.5 Å². The minimum Gasteiger partial charge on any atom is -0.497 e. The third-order valence-corrected chi connectivity index (χ3v) is 5.33. The Morgan fingerprint density at radius 3 is 2.37 bits per heavy atom. The largest absolute Gasteiger partial charge is 0.497 e. The number of hydrogen-bond donors (Lipinski definition) is 1. The molecule has 2 heterocycles. The Labute approximate surface area is 177 Å². The van der Waals surface area contributed by atoms with E-state index in [0.717, 1.165) is 41.4 Å². The van der Waals surface area contributed by atoms with Crippen molar-refractivity contribution < 1.29 is 4.74 Å². The van der Waals surface area contributed by atoms with Gasteiger partial charge in [0.05, 0.1) is 19.0 Å². The van der Waals surface area contributed by atoms with Crippen LogP contribution < -0.4 is 10.1 Å². The molecule has 30 heavy (non-hydrogen) atoms. The first-order valence-corrected chi connectivity index (χ1v) is 10.3. The molecule has 154 valence electrons. The van der Waals surface area contributed by atoms with Crippen LogP contribution in [0.3, 0.4) is 0 Å². The van der Waals surface area contributed by atoms with E-state index in [4.69, 9.17) is 9.72 Å². The third-order valence-electron chi connectivity index (χ3n) is 5.33. The van der Waals surface area contributed by atoms with Crippen LogP contribution in [0.1, 0.15) is 37.6 Å². The summed E-state index contributed by atoms with van der Waals surface area (Å²) < 4.78 is 7.31. The fourth-order valence-corrected chi connectivity index (χ4v) is 3.51. The number of imidazole rings is 1. The van der Waals surface area contributed by atoms with Crippen molar-refractivity contribution in [1.29, 1.82) is 0 Å². The topological polar surface area (TPSA) is 51.5 Å². The Morgan fingerprint density at radius 1 is 0.967 bits per heavy atom. The van der Waals surface area contributed by atoms with Gasteiger partial charge in [0, 0.05) is 18.1 Å². The van der Waals surface area contributed by atoms with E-state index in [1.54, 1.807) is 19.5 Å². The number of rotatable bonds is 6. The van der Waals surface area contributed by atoms with Gasteiger partial charge in [-0.3, -0.25) is 9.38 Å². The zero-order chi connectivity index (χ0) is 21.1. The van der Waals surface area contributed by atoms with E-state index in [0.29, 0.717) is 0 Å². The molecule has 0 atom stereocenters. The minimum absolute atomic E-state index is 0.169. The van der Waals surface area contributed by atoms with Crippen LogP contribution in [0, 0.1) is 0 Å². The summed E-state index contributed by atoms with van der Waals surface area (Å²) in [5, 5.41) is 3.53. The number of aryl methyl sites for hydroxylation is 2. The van der Waals surface area contributed by atoms with Crippen LogP contribution in [0.15, 0.2) is 67.1 Å². The van der Waals surface area contributed by atoms with Crippen molar-refractivity contribution in [1.82, 2.24) is 14.4 Å². The van der Waals surface area contributed by atoms with E-state index in [1.807, 2.05) is 30.5 Å². The van der Waals surface area contributed by atoms with Crippen molar-refractivity contribution in [3.63, 3.8) is 0 Å². The Hall–Kier alpha value is -3.34. The zero-order valence-electron chi connectivity index (χ0n) is 18.0. The highest BCUT2D eigenvalue weighted by Crippen LogP contribution is 2.26. The van der Waals surface area contributed by atoms with Crippen LogP contribution in [-0.2, 0) is 18.3 Å². The van der Waals surface area contributed by atoms with E-state index >= 15 is 0 Å². The van der Waals surface area contributed by atoms with Gasteiger partial charge in [0.1, 0.15) is 11.6 Å². The summed E-state index contributed by atoms with van der Waals surface area (Å²) >= 11 is 0. The van der Waals surface area contributed by atoms with Crippen LogP contribution in [0.4, 0.5) is 11.5 Å². The molecule has 4 rings (SSSR count). The molecule has 0 saturated heterocycles. The number of anilines is 2. The van der Waals surface area contributed by atoms with Gasteiger partial charge in [-0.2, -0.15) is 0 Å². The highest BCUT2D eigenvalue weighted by molar-refractivity contribution is 5.64. The lowest BCUT2D eigenvalue weighted by molar-refractivity contribution is 0.415. The maximum absolute atomic E-state index is 5.26. The molecule has 0 radical (unpaired) electrons. The molecule has 0 saturated carbocycles. The highest BCUT2D eigenvalue weighted by Gasteiger charge is 2.15. The monoisotopic (exact) mass is 400 g/mol. The summed E-state index contributed by atoms with van der Waals surface area (Å²) in [6.07, 6.45) is 7.29. The number of nitrogens with zero attached hydrogens (tertiary/aromatic N) is 3. The molecule has 0 fully saturated rings. The summed E-state index contributed by atoms with van der Waals surface area (Å²) in [7, 11) is 1.67. The second-order valence-corrected chi connectivity index (χ2v) is 8.51. The molecule has 0 amide bonds. The average molecular weight is 401 g/mol. The van der Waals surface area contributed by atoms with Gasteiger partial charge in [0.2, 0.25) is 0 Å². The van der Waals surface area contributed by atoms with Gasteiger partial charge in [0.15, 0.2) is 5.65 Å². The van der Waals surface area contributed by atoms with Gasteiger partial charge < -0.3 is 10.1 Å². The summed E-state index contributed by atoms with van der Waals surface area (Å²) in [6.45, 7) is 6.72. The molecular formula is C25H28N4O. The number of aromatic nitrogens is 3. The van der Waals surface area contributed by atoms with Crippen LogP contribution >= 0.6 is 0 Å². The fourth-order valence-electron chi connectivity index (χ4n) is 3.51. The molecule has 5 nitrogen and oxygen atoms in total. The lowest BCUT2D eigenvalue weighted by Crippen LogP contribution is -2.10. The molecule has 0 unspecified atom stereocenters. The molecule has 0 spiro atoms. The number of methoxy groups -OCH3 is 1. The predicted octanol–water partition coefficient (Wildman–Crippen LogP) is 5.56. The van der Waals surface area contributed by atoms with Gasteiger partial charge in [-0.25, -0.2) is 4.98 Å². The van der Waals surface area contributed by atoms with E-state index in [9.17, 15) is 0 Å². The first-order valence-electron chi connectivity index (χ1n) is 10.3. The smallest absolute Gasteiger partial charge is 0.157 e. The first kappa shape index (κ1) is 20.0. The predicted molar refractivity (Wildman–Crippen MR) is 122 cm³/mol. The molecule has 5 heteroatoms.